The molecule has 0 radical (unpaired) electrons. The van der Waals surface area contributed by atoms with E-state index in [0.29, 0.717) is 37.5 Å². The summed E-state index contributed by atoms with van der Waals surface area (Å²) in [5, 5.41) is 11.4. The smallest absolute Gasteiger partial charge is 0.326 e. The standard InChI is InChI=1S/C13H22N2O4S/c1-9(16)14-11(13(18)19)4-2-3-5-15-7-10(8-20)6-12(15)17/h10-11,20H,2-8H2,1H3,(H,14,16)(H,18,19)/t10?,11-/m0/s1. The van der Waals surface area contributed by atoms with E-state index in [1.807, 2.05) is 4.90 Å². The van der Waals surface area contributed by atoms with Crippen LogP contribution in [-0.4, -0.2) is 52.7 Å². The lowest BCUT2D eigenvalue weighted by atomic mass is 10.1. The summed E-state index contributed by atoms with van der Waals surface area (Å²) in [6, 6.07) is -0.841. The third-order valence-corrected chi connectivity index (χ3v) is 3.92. The first-order chi connectivity index (χ1) is 9.43. The predicted octanol–water partition coefficient (Wildman–Crippen LogP) is 0.524. The highest BCUT2D eigenvalue weighted by molar-refractivity contribution is 7.80. The van der Waals surface area contributed by atoms with Gasteiger partial charge in [0.05, 0.1) is 0 Å². The van der Waals surface area contributed by atoms with E-state index in [-0.39, 0.29) is 11.8 Å². The number of aliphatic carboxylic acids is 1. The molecule has 1 rings (SSSR count). The fourth-order valence-electron chi connectivity index (χ4n) is 2.35. The van der Waals surface area contributed by atoms with Crippen LogP contribution in [0.5, 0.6) is 0 Å². The van der Waals surface area contributed by atoms with Crippen molar-refractivity contribution in [1.29, 1.82) is 0 Å². The normalized spacial score (nSPS) is 20.0. The lowest BCUT2D eigenvalue weighted by molar-refractivity contribution is -0.141. The Kier molecular flexibility index (Phi) is 6.84. The second-order valence-corrected chi connectivity index (χ2v) is 5.54. The summed E-state index contributed by atoms with van der Waals surface area (Å²) in [4.78, 5) is 35.3. The van der Waals surface area contributed by atoms with Crippen LogP contribution in [-0.2, 0) is 14.4 Å². The highest BCUT2D eigenvalue weighted by Gasteiger charge is 2.28. The summed E-state index contributed by atoms with van der Waals surface area (Å²) in [6.07, 6.45) is 2.35. The Labute approximate surface area is 124 Å². The Morgan fingerprint density at radius 2 is 2.20 bits per heavy atom. The highest BCUT2D eigenvalue weighted by Crippen LogP contribution is 2.19. The summed E-state index contributed by atoms with van der Waals surface area (Å²) in [5.41, 5.74) is 0. The second-order valence-electron chi connectivity index (χ2n) is 5.18. The zero-order valence-corrected chi connectivity index (χ0v) is 12.6. The number of nitrogens with zero attached hydrogens (tertiary/aromatic N) is 1. The number of amides is 2. The highest BCUT2D eigenvalue weighted by atomic mass is 32.1. The van der Waals surface area contributed by atoms with Gasteiger partial charge in [0.2, 0.25) is 11.8 Å². The van der Waals surface area contributed by atoms with Gasteiger partial charge >= 0.3 is 5.97 Å². The molecule has 0 bridgehead atoms. The molecule has 6 nitrogen and oxygen atoms in total. The number of rotatable bonds is 8. The molecule has 0 spiro atoms. The number of hydrogen-bond donors (Lipinski definition) is 3. The van der Waals surface area contributed by atoms with Gasteiger partial charge in [0, 0.05) is 26.4 Å². The quantitative estimate of drug-likeness (QED) is 0.451. The zero-order valence-electron chi connectivity index (χ0n) is 11.7. The molecule has 114 valence electrons. The summed E-state index contributed by atoms with van der Waals surface area (Å²) in [7, 11) is 0. The number of hydrogen-bond acceptors (Lipinski definition) is 4. The van der Waals surface area contributed by atoms with Gasteiger partial charge < -0.3 is 15.3 Å². The Morgan fingerprint density at radius 3 is 2.70 bits per heavy atom. The minimum atomic E-state index is -1.02. The number of nitrogens with one attached hydrogen (secondary N) is 1. The monoisotopic (exact) mass is 302 g/mol. The third-order valence-electron chi connectivity index (χ3n) is 3.40. The lowest BCUT2D eigenvalue weighted by Crippen LogP contribution is -2.39. The van der Waals surface area contributed by atoms with E-state index in [1.165, 1.54) is 6.92 Å². The molecule has 1 aliphatic rings. The molecular formula is C13H22N2O4S. The zero-order chi connectivity index (χ0) is 15.1. The molecule has 0 saturated carbocycles. The number of carbonyl (C=O) groups excluding carboxylic acids is 2. The molecule has 1 unspecified atom stereocenters. The molecule has 2 amide bonds. The number of unbranched alkanes of at least 4 members (excludes halogenated alkanes) is 1. The van der Waals surface area contributed by atoms with Gasteiger partial charge in [0.25, 0.3) is 0 Å². The van der Waals surface area contributed by atoms with Crippen LogP contribution < -0.4 is 5.32 Å². The molecule has 7 heteroatoms. The molecular weight excluding hydrogens is 280 g/mol. The topological polar surface area (TPSA) is 86.7 Å². The van der Waals surface area contributed by atoms with Gasteiger partial charge in [-0.05, 0) is 30.9 Å². The van der Waals surface area contributed by atoms with Gasteiger partial charge in [0.15, 0.2) is 0 Å². The number of carboxylic acids is 1. The van der Waals surface area contributed by atoms with E-state index in [1.54, 1.807) is 0 Å². The van der Waals surface area contributed by atoms with Gasteiger partial charge in [-0.3, -0.25) is 9.59 Å². The third kappa shape index (κ3) is 5.40. The first kappa shape index (κ1) is 16.8. The van der Waals surface area contributed by atoms with Gasteiger partial charge in [-0.1, -0.05) is 0 Å². The molecule has 2 atom stereocenters. The van der Waals surface area contributed by atoms with Gasteiger partial charge in [-0.2, -0.15) is 12.6 Å². The number of likely N-dealkylation sites (tertiary alicyclic amines) is 1. The molecule has 0 aromatic heterocycles. The van der Waals surface area contributed by atoms with E-state index < -0.39 is 12.0 Å². The number of carboxylic acid groups (broad SMARTS) is 1. The summed E-state index contributed by atoms with van der Waals surface area (Å²) < 4.78 is 0. The van der Waals surface area contributed by atoms with Crippen LogP contribution in [0.25, 0.3) is 0 Å². The molecule has 20 heavy (non-hydrogen) atoms. The van der Waals surface area contributed by atoms with Gasteiger partial charge in [-0.15, -0.1) is 0 Å². The molecule has 1 heterocycles. The molecule has 1 fully saturated rings. The van der Waals surface area contributed by atoms with Crippen molar-refractivity contribution < 1.29 is 19.5 Å². The molecule has 1 saturated heterocycles. The SMILES string of the molecule is CC(=O)N[C@@H](CCCCN1CC(CS)CC1=O)C(=O)O. The van der Waals surface area contributed by atoms with Crippen molar-refractivity contribution in [2.24, 2.45) is 5.92 Å². The van der Waals surface area contributed by atoms with Gasteiger partial charge in [-0.25, -0.2) is 4.79 Å². The summed E-state index contributed by atoms with van der Waals surface area (Å²) >= 11 is 4.20. The van der Waals surface area contributed by atoms with Crippen LogP contribution in [0, 0.1) is 5.92 Å². The maximum absolute atomic E-state index is 11.7. The Balaban J connectivity index is 2.25. The van der Waals surface area contributed by atoms with Crippen molar-refractivity contribution in [2.75, 3.05) is 18.8 Å². The van der Waals surface area contributed by atoms with E-state index in [0.717, 1.165) is 13.0 Å². The van der Waals surface area contributed by atoms with E-state index >= 15 is 0 Å². The molecule has 0 aromatic rings. The first-order valence-corrected chi connectivity index (χ1v) is 7.45. The van der Waals surface area contributed by atoms with E-state index in [4.69, 9.17) is 5.11 Å². The van der Waals surface area contributed by atoms with Crippen molar-refractivity contribution in [3.05, 3.63) is 0 Å². The van der Waals surface area contributed by atoms with Gasteiger partial charge in [0.1, 0.15) is 6.04 Å². The summed E-state index contributed by atoms with van der Waals surface area (Å²) in [5.74, 6) is -0.166. The van der Waals surface area contributed by atoms with Crippen LogP contribution in [0.1, 0.15) is 32.6 Å². The van der Waals surface area contributed by atoms with Crippen LogP contribution in [0.4, 0.5) is 0 Å². The van der Waals surface area contributed by atoms with Crippen molar-refractivity contribution in [3.63, 3.8) is 0 Å². The minimum Gasteiger partial charge on any atom is -0.480 e. The lowest BCUT2D eigenvalue weighted by Gasteiger charge is -2.17. The van der Waals surface area contributed by atoms with E-state index in [2.05, 4.69) is 17.9 Å². The fraction of sp³-hybridized carbons (Fsp3) is 0.769. The van der Waals surface area contributed by atoms with Crippen LogP contribution in [0.3, 0.4) is 0 Å². The fourth-order valence-corrected chi connectivity index (χ4v) is 2.59. The Hall–Kier alpha value is -1.24. The average molecular weight is 302 g/mol. The second kappa shape index (κ2) is 8.14. The van der Waals surface area contributed by atoms with Crippen molar-refractivity contribution >= 4 is 30.4 Å². The summed E-state index contributed by atoms with van der Waals surface area (Å²) in [6.45, 7) is 2.70. The van der Waals surface area contributed by atoms with E-state index in [9.17, 15) is 14.4 Å². The van der Waals surface area contributed by atoms with Crippen molar-refractivity contribution in [3.8, 4) is 0 Å². The number of carbonyl (C=O) groups is 3. The number of thiol groups is 1. The molecule has 1 aliphatic heterocycles. The van der Waals surface area contributed by atoms with Crippen molar-refractivity contribution in [1.82, 2.24) is 10.2 Å². The largest absolute Gasteiger partial charge is 0.480 e. The molecule has 2 N–H and O–H groups in total. The Morgan fingerprint density at radius 1 is 1.50 bits per heavy atom. The average Bonchev–Trinajstić information content (AvgIpc) is 2.73. The molecule has 0 aromatic carbocycles. The minimum absolute atomic E-state index is 0.153. The van der Waals surface area contributed by atoms with Crippen LogP contribution in [0.2, 0.25) is 0 Å². The maximum Gasteiger partial charge on any atom is 0.326 e. The van der Waals surface area contributed by atoms with Crippen molar-refractivity contribution in [2.45, 2.75) is 38.6 Å². The Bertz CT molecular complexity index is 375. The van der Waals surface area contributed by atoms with Crippen LogP contribution in [0.15, 0.2) is 0 Å². The predicted molar refractivity (Wildman–Crippen MR) is 77.6 cm³/mol. The first-order valence-electron chi connectivity index (χ1n) is 6.82. The maximum atomic E-state index is 11.7. The van der Waals surface area contributed by atoms with Crippen LogP contribution >= 0.6 is 12.6 Å². The molecule has 0 aliphatic carbocycles.